The molecule has 4 rings (SSSR count). The highest BCUT2D eigenvalue weighted by Gasteiger charge is 2.29. The van der Waals surface area contributed by atoms with Crippen LogP contribution in [0.1, 0.15) is 23.1 Å². The van der Waals surface area contributed by atoms with Crippen LogP contribution in [0.25, 0.3) is 0 Å². The third-order valence-electron chi connectivity index (χ3n) is 4.97. The summed E-state index contributed by atoms with van der Waals surface area (Å²) in [4.78, 5) is 2.30. The second-order valence-electron chi connectivity index (χ2n) is 6.78. The Bertz CT molecular complexity index is 933. The van der Waals surface area contributed by atoms with E-state index in [1.807, 2.05) is 18.2 Å². The van der Waals surface area contributed by atoms with Gasteiger partial charge in [0.05, 0.1) is 13.2 Å². The Labute approximate surface area is 163 Å². The predicted octanol–water partition coefficient (Wildman–Crippen LogP) is 1.37. The zero-order chi connectivity index (χ0) is 19.7. The highest BCUT2D eigenvalue weighted by molar-refractivity contribution is 7.89. The smallest absolute Gasteiger partial charge is 0.246 e. The van der Waals surface area contributed by atoms with E-state index in [4.69, 9.17) is 18.7 Å². The summed E-state index contributed by atoms with van der Waals surface area (Å²) >= 11 is 0. The van der Waals surface area contributed by atoms with E-state index in [1.165, 1.54) is 0 Å². The van der Waals surface area contributed by atoms with E-state index in [9.17, 15) is 8.42 Å². The largest absolute Gasteiger partial charge is 0.454 e. The molecule has 1 aromatic carbocycles. The molecule has 1 N–H and O–H groups in total. The Morgan fingerprint density at radius 2 is 1.93 bits per heavy atom. The van der Waals surface area contributed by atoms with Crippen LogP contribution in [0.15, 0.2) is 27.6 Å². The third kappa shape index (κ3) is 3.72. The number of fused-ring (bicyclic) bond motifs is 1. The zero-order valence-electron chi connectivity index (χ0n) is 15.8. The van der Waals surface area contributed by atoms with Gasteiger partial charge in [-0.1, -0.05) is 11.2 Å². The van der Waals surface area contributed by atoms with Crippen LogP contribution >= 0.6 is 0 Å². The minimum atomic E-state index is -3.75. The van der Waals surface area contributed by atoms with Crippen molar-refractivity contribution in [3.63, 3.8) is 0 Å². The number of aromatic nitrogens is 1. The molecule has 28 heavy (non-hydrogen) atoms. The van der Waals surface area contributed by atoms with Gasteiger partial charge in [-0.25, -0.2) is 13.1 Å². The van der Waals surface area contributed by atoms with Crippen molar-refractivity contribution in [3.8, 4) is 11.5 Å². The number of morpholine rings is 1. The summed E-state index contributed by atoms with van der Waals surface area (Å²) in [5.41, 5.74) is 1.30. The first-order chi connectivity index (χ1) is 13.5. The van der Waals surface area contributed by atoms with Crippen molar-refractivity contribution in [2.75, 3.05) is 39.6 Å². The molecule has 0 saturated carbocycles. The average Bonchev–Trinajstić information content (AvgIpc) is 3.28. The van der Waals surface area contributed by atoms with Crippen molar-refractivity contribution in [3.05, 3.63) is 35.2 Å². The number of ether oxygens (including phenoxy) is 3. The molecule has 152 valence electrons. The summed E-state index contributed by atoms with van der Waals surface area (Å²) in [7, 11) is -3.75. The number of nitrogens with zero attached hydrogens (tertiary/aromatic N) is 2. The molecule has 0 radical (unpaired) electrons. The van der Waals surface area contributed by atoms with E-state index in [0.29, 0.717) is 43.5 Å². The van der Waals surface area contributed by atoms with Crippen molar-refractivity contribution in [1.29, 1.82) is 0 Å². The highest BCUT2D eigenvalue weighted by Crippen LogP contribution is 2.35. The second kappa shape index (κ2) is 7.70. The quantitative estimate of drug-likeness (QED) is 0.763. The van der Waals surface area contributed by atoms with Gasteiger partial charge in [0.1, 0.15) is 10.6 Å². The van der Waals surface area contributed by atoms with Gasteiger partial charge < -0.3 is 18.7 Å². The molecule has 0 spiro atoms. The maximum atomic E-state index is 12.8. The number of nitrogens with one attached hydrogen (secondary N) is 1. The number of hydrogen-bond donors (Lipinski definition) is 1. The number of aryl methyl sites for hydroxylation is 2. The van der Waals surface area contributed by atoms with E-state index < -0.39 is 10.0 Å². The van der Waals surface area contributed by atoms with E-state index in [0.717, 1.165) is 5.56 Å². The maximum Gasteiger partial charge on any atom is 0.246 e. The standard InChI is InChI=1S/C18H23N3O6S/c1-12-18(13(2)27-20-12)28(22,23)19-10-15(21-5-7-24-8-6-21)14-3-4-16-17(9-14)26-11-25-16/h3-4,9,15,19H,5-8,10-11H2,1-2H3/t15-/m0/s1. The van der Waals surface area contributed by atoms with Gasteiger partial charge in [0.15, 0.2) is 17.3 Å². The van der Waals surface area contributed by atoms with E-state index in [1.54, 1.807) is 13.8 Å². The van der Waals surface area contributed by atoms with Crippen molar-refractivity contribution >= 4 is 10.0 Å². The Morgan fingerprint density at radius 1 is 1.18 bits per heavy atom. The maximum absolute atomic E-state index is 12.8. The molecule has 0 amide bonds. The number of benzene rings is 1. The molecule has 1 aromatic heterocycles. The topological polar surface area (TPSA) is 103 Å². The normalized spacial score (nSPS) is 18.4. The van der Waals surface area contributed by atoms with Gasteiger partial charge in [-0.15, -0.1) is 0 Å². The molecule has 2 aliphatic heterocycles. The predicted molar refractivity (Wildman–Crippen MR) is 98.9 cm³/mol. The Morgan fingerprint density at radius 3 is 2.64 bits per heavy atom. The van der Waals surface area contributed by atoms with E-state index >= 15 is 0 Å². The molecule has 0 unspecified atom stereocenters. The lowest BCUT2D eigenvalue weighted by Gasteiger charge is -2.35. The fourth-order valence-electron chi connectivity index (χ4n) is 3.59. The molecular formula is C18H23N3O6S. The number of hydrogen-bond acceptors (Lipinski definition) is 8. The molecule has 0 aliphatic carbocycles. The monoisotopic (exact) mass is 409 g/mol. The molecule has 3 heterocycles. The summed E-state index contributed by atoms with van der Waals surface area (Å²) in [6, 6.07) is 5.53. The summed E-state index contributed by atoms with van der Waals surface area (Å²) in [5, 5.41) is 3.75. The molecule has 1 fully saturated rings. The molecule has 2 aromatic rings. The van der Waals surface area contributed by atoms with Gasteiger partial charge in [-0.3, -0.25) is 4.90 Å². The molecule has 10 heteroatoms. The minimum absolute atomic E-state index is 0.0962. The molecular weight excluding hydrogens is 386 g/mol. The minimum Gasteiger partial charge on any atom is -0.454 e. The lowest BCUT2D eigenvalue weighted by Crippen LogP contribution is -2.43. The summed E-state index contributed by atoms with van der Waals surface area (Å²) < 4.78 is 49.7. The molecule has 2 aliphatic rings. The third-order valence-corrected chi connectivity index (χ3v) is 6.64. The lowest BCUT2D eigenvalue weighted by atomic mass is 10.0. The van der Waals surface area contributed by atoms with Gasteiger partial charge in [0.2, 0.25) is 16.8 Å². The van der Waals surface area contributed by atoms with Crippen LogP contribution in [0.4, 0.5) is 0 Å². The van der Waals surface area contributed by atoms with Crippen LogP contribution in [0.2, 0.25) is 0 Å². The summed E-state index contributed by atoms with van der Waals surface area (Å²) in [5.74, 6) is 1.64. The molecule has 9 nitrogen and oxygen atoms in total. The summed E-state index contributed by atoms with van der Waals surface area (Å²) in [6.45, 7) is 6.24. The van der Waals surface area contributed by atoms with Crippen LogP contribution in [-0.4, -0.2) is 58.1 Å². The molecule has 1 saturated heterocycles. The van der Waals surface area contributed by atoms with Gasteiger partial charge in [0.25, 0.3) is 0 Å². The average molecular weight is 409 g/mol. The van der Waals surface area contributed by atoms with E-state index in [2.05, 4.69) is 14.8 Å². The van der Waals surface area contributed by atoms with Crippen molar-refractivity contribution in [1.82, 2.24) is 14.8 Å². The fraction of sp³-hybridized carbons (Fsp3) is 0.500. The first kappa shape index (κ1) is 19.2. The van der Waals surface area contributed by atoms with Crippen LogP contribution < -0.4 is 14.2 Å². The second-order valence-corrected chi connectivity index (χ2v) is 8.49. The van der Waals surface area contributed by atoms with E-state index in [-0.39, 0.29) is 30.0 Å². The van der Waals surface area contributed by atoms with Crippen molar-refractivity contribution in [2.45, 2.75) is 24.8 Å². The van der Waals surface area contributed by atoms with Gasteiger partial charge in [0, 0.05) is 25.7 Å². The fourth-order valence-corrected chi connectivity index (χ4v) is 4.95. The first-order valence-corrected chi connectivity index (χ1v) is 10.6. The number of rotatable bonds is 6. The number of sulfonamides is 1. The zero-order valence-corrected chi connectivity index (χ0v) is 16.6. The van der Waals surface area contributed by atoms with Gasteiger partial charge >= 0.3 is 0 Å². The highest BCUT2D eigenvalue weighted by atomic mass is 32.2. The Kier molecular flexibility index (Phi) is 5.28. The summed E-state index contributed by atoms with van der Waals surface area (Å²) in [6.07, 6.45) is 0. The van der Waals surface area contributed by atoms with Gasteiger partial charge in [-0.2, -0.15) is 0 Å². The van der Waals surface area contributed by atoms with Crippen LogP contribution in [0, 0.1) is 13.8 Å². The molecule has 1 atom stereocenters. The van der Waals surface area contributed by atoms with Crippen molar-refractivity contribution < 1.29 is 27.2 Å². The SMILES string of the molecule is Cc1noc(C)c1S(=O)(=O)NC[C@@H](c1ccc2c(c1)OCO2)N1CCOCC1. The van der Waals surface area contributed by atoms with Crippen LogP contribution in [0.3, 0.4) is 0 Å². The molecule has 0 bridgehead atoms. The lowest BCUT2D eigenvalue weighted by molar-refractivity contribution is 0.0171. The Balaban J connectivity index is 1.59. The van der Waals surface area contributed by atoms with Crippen LogP contribution in [-0.2, 0) is 14.8 Å². The Hall–Kier alpha value is -2.14. The first-order valence-electron chi connectivity index (χ1n) is 9.09. The van der Waals surface area contributed by atoms with Gasteiger partial charge in [-0.05, 0) is 31.5 Å². The van der Waals surface area contributed by atoms with Crippen LogP contribution in [0.5, 0.6) is 11.5 Å². The van der Waals surface area contributed by atoms with Crippen molar-refractivity contribution in [2.24, 2.45) is 0 Å².